The van der Waals surface area contributed by atoms with Gasteiger partial charge in [0.1, 0.15) is 0 Å². The molecule has 1 aromatic carbocycles. The Morgan fingerprint density at radius 3 is 2.08 bits per heavy atom. The maximum Gasteiger partial charge on any atom is 0.235 e. The van der Waals surface area contributed by atoms with Crippen LogP contribution >= 0.6 is 0 Å². The van der Waals surface area contributed by atoms with Crippen LogP contribution in [0.1, 0.15) is 17.5 Å². The summed E-state index contributed by atoms with van der Waals surface area (Å²) in [6, 6.07) is 6.10. The van der Waals surface area contributed by atoms with Crippen molar-refractivity contribution in [1.82, 2.24) is 4.90 Å². The molecule has 1 aliphatic heterocycles. The highest BCUT2D eigenvalue weighted by atomic mass is 16.2. The number of allylic oxidation sites excluding steroid dienone is 2. The van der Waals surface area contributed by atoms with Crippen molar-refractivity contribution in [3.05, 3.63) is 41.5 Å². The van der Waals surface area contributed by atoms with Gasteiger partial charge in [0, 0.05) is 5.69 Å². The molecule has 0 spiro atoms. The molecule has 1 saturated heterocycles. The number of hydrogen-bond donors (Lipinski definition) is 1. The molecule has 4 aliphatic carbocycles. The standard InChI is InChI=1S/C20H22N2O2/c1-10-4-3-5-11(2)18(10)21-9-22-19(23)16-12-6-7-13(15-8-14(12)15)17(16)20(22)24/h3-7,12-17,21H,8-9H2,1-2H3/t12-,13-,14-,15+,16-,17+/m1/s1. The van der Waals surface area contributed by atoms with E-state index in [0.717, 1.165) is 16.8 Å². The maximum atomic E-state index is 12.9. The first-order valence-corrected chi connectivity index (χ1v) is 8.91. The average Bonchev–Trinajstić information content (AvgIpc) is 3.34. The number of rotatable bonds is 3. The monoisotopic (exact) mass is 322 g/mol. The van der Waals surface area contributed by atoms with Crippen LogP contribution in [0, 0.1) is 49.4 Å². The summed E-state index contributed by atoms with van der Waals surface area (Å²) in [6.07, 6.45) is 5.64. The van der Waals surface area contributed by atoms with Gasteiger partial charge in [-0.25, -0.2) is 0 Å². The quantitative estimate of drug-likeness (QED) is 0.688. The van der Waals surface area contributed by atoms with E-state index in [-0.39, 0.29) is 30.3 Å². The molecule has 124 valence electrons. The summed E-state index contributed by atoms with van der Waals surface area (Å²) in [5.74, 6) is 1.78. The van der Waals surface area contributed by atoms with Gasteiger partial charge in [0.05, 0.1) is 18.5 Å². The van der Waals surface area contributed by atoms with Gasteiger partial charge in [-0.05, 0) is 55.1 Å². The second-order valence-electron chi connectivity index (χ2n) is 7.86. The van der Waals surface area contributed by atoms with Crippen LogP contribution in [0.15, 0.2) is 30.4 Å². The second-order valence-corrected chi connectivity index (χ2v) is 7.86. The maximum absolute atomic E-state index is 12.9. The van der Waals surface area contributed by atoms with E-state index < -0.39 is 0 Å². The molecule has 0 unspecified atom stereocenters. The minimum atomic E-state index is -0.101. The van der Waals surface area contributed by atoms with Gasteiger partial charge in [-0.15, -0.1) is 0 Å². The van der Waals surface area contributed by atoms with Crippen LogP contribution in [0.2, 0.25) is 0 Å². The minimum Gasteiger partial charge on any atom is -0.367 e. The topological polar surface area (TPSA) is 49.4 Å². The van der Waals surface area contributed by atoms with Gasteiger partial charge in [0.25, 0.3) is 0 Å². The fourth-order valence-electron chi connectivity index (χ4n) is 5.43. The number of carbonyl (C=O) groups excluding carboxylic acids is 2. The molecule has 1 aromatic rings. The molecule has 2 bridgehead atoms. The lowest BCUT2D eigenvalue weighted by Crippen LogP contribution is -2.40. The number of nitrogens with zero attached hydrogens (tertiary/aromatic N) is 1. The number of imide groups is 1. The highest BCUT2D eigenvalue weighted by Crippen LogP contribution is 2.65. The zero-order valence-corrected chi connectivity index (χ0v) is 14.0. The van der Waals surface area contributed by atoms with Crippen molar-refractivity contribution in [3.8, 4) is 0 Å². The number of likely N-dealkylation sites (tertiary alicyclic amines) is 1. The normalized spacial score (nSPS) is 38.3. The molecule has 3 fully saturated rings. The third-order valence-electron chi connectivity index (χ3n) is 6.65. The fourth-order valence-corrected chi connectivity index (χ4v) is 5.43. The van der Waals surface area contributed by atoms with E-state index in [4.69, 9.17) is 0 Å². The lowest BCUT2D eigenvalue weighted by atomic mass is 9.63. The van der Waals surface area contributed by atoms with Crippen molar-refractivity contribution in [1.29, 1.82) is 0 Å². The summed E-state index contributed by atoms with van der Waals surface area (Å²) in [5.41, 5.74) is 3.29. The Morgan fingerprint density at radius 2 is 1.54 bits per heavy atom. The highest BCUT2D eigenvalue weighted by Gasteiger charge is 2.66. The predicted octanol–water partition coefficient (Wildman–Crippen LogP) is 2.73. The molecule has 1 N–H and O–H groups in total. The zero-order chi connectivity index (χ0) is 16.6. The Kier molecular flexibility index (Phi) is 2.80. The number of hydrogen-bond acceptors (Lipinski definition) is 3. The van der Waals surface area contributed by atoms with Crippen LogP contribution < -0.4 is 5.32 Å². The van der Waals surface area contributed by atoms with E-state index in [0.29, 0.717) is 23.7 Å². The van der Waals surface area contributed by atoms with Crippen LogP contribution in [0.4, 0.5) is 5.69 Å². The predicted molar refractivity (Wildman–Crippen MR) is 91.0 cm³/mol. The molecule has 4 heteroatoms. The van der Waals surface area contributed by atoms with Gasteiger partial charge in [-0.2, -0.15) is 0 Å². The second kappa shape index (κ2) is 4.71. The molecule has 24 heavy (non-hydrogen) atoms. The van der Waals surface area contributed by atoms with E-state index in [1.54, 1.807) is 0 Å². The Morgan fingerprint density at radius 1 is 1.00 bits per heavy atom. The molecular weight excluding hydrogens is 300 g/mol. The van der Waals surface area contributed by atoms with Crippen molar-refractivity contribution in [2.45, 2.75) is 20.3 Å². The van der Waals surface area contributed by atoms with E-state index in [1.165, 1.54) is 11.3 Å². The first-order valence-electron chi connectivity index (χ1n) is 8.91. The average molecular weight is 322 g/mol. The Hall–Kier alpha value is -2.10. The van der Waals surface area contributed by atoms with Crippen LogP contribution in [-0.2, 0) is 9.59 Å². The Balaban J connectivity index is 1.39. The molecule has 0 radical (unpaired) electrons. The molecule has 2 amide bonds. The lowest BCUT2D eigenvalue weighted by molar-refractivity contribution is -0.139. The molecular formula is C20H22N2O2. The third-order valence-corrected chi connectivity index (χ3v) is 6.65. The number of nitrogens with one attached hydrogen (secondary N) is 1. The Labute approximate surface area is 141 Å². The fraction of sp³-hybridized carbons (Fsp3) is 0.500. The largest absolute Gasteiger partial charge is 0.367 e. The van der Waals surface area contributed by atoms with E-state index >= 15 is 0 Å². The van der Waals surface area contributed by atoms with E-state index in [2.05, 4.69) is 17.5 Å². The van der Waals surface area contributed by atoms with Crippen molar-refractivity contribution >= 4 is 17.5 Å². The SMILES string of the molecule is Cc1cccc(C)c1NCN1C(=O)[C@@H]2[C@@H]3C=C[C@H]([C@@H]4C[C@H]34)[C@@H]2C1=O. The van der Waals surface area contributed by atoms with Gasteiger partial charge in [0.15, 0.2) is 0 Å². The van der Waals surface area contributed by atoms with Crippen molar-refractivity contribution in [2.24, 2.45) is 35.5 Å². The molecule has 4 nitrogen and oxygen atoms in total. The minimum absolute atomic E-state index is 0.0356. The van der Waals surface area contributed by atoms with Crippen molar-refractivity contribution in [2.75, 3.05) is 12.0 Å². The number of para-hydroxylation sites is 1. The zero-order valence-electron chi connectivity index (χ0n) is 14.0. The first kappa shape index (κ1) is 14.3. The molecule has 0 aromatic heterocycles. The summed E-state index contributed by atoms with van der Waals surface area (Å²) in [7, 11) is 0. The summed E-state index contributed by atoms with van der Waals surface area (Å²) >= 11 is 0. The van der Waals surface area contributed by atoms with Gasteiger partial charge < -0.3 is 5.32 Å². The number of amides is 2. The van der Waals surface area contributed by atoms with Crippen molar-refractivity contribution in [3.63, 3.8) is 0 Å². The van der Waals surface area contributed by atoms with Crippen LogP contribution in [0.25, 0.3) is 0 Å². The molecule has 6 rings (SSSR count). The van der Waals surface area contributed by atoms with E-state index in [9.17, 15) is 9.59 Å². The number of anilines is 1. The summed E-state index contributed by atoms with van der Waals surface area (Å²) in [5, 5.41) is 3.33. The summed E-state index contributed by atoms with van der Waals surface area (Å²) in [4.78, 5) is 27.3. The van der Waals surface area contributed by atoms with Crippen LogP contribution in [-0.4, -0.2) is 23.4 Å². The molecule has 6 atom stereocenters. The van der Waals surface area contributed by atoms with Gasteiger partial charge in [0.2, 0.25) is 11.8 Å². The molecule has 2 saturated carbocycles. The Bertz CT molecular complexity index is 728. The summed E-state index contributed by atoms with van der Waals surface area (Å²) in [6.45, 7) is 4.37. The number of carbonyl (C=O) groups is 2. The van der Waals surface area contributed by atoms with Crippen molar-refractivity contribution < 1.29 is 9.59 Å². The number of aryl methyl sites for hydroxylation is 2. The lowest BCUT2D eigenvalue weighted by Gasteiger charge is -2.37. The van der Waals surface area contributed by atoms with Crippen LogP contribution in [0.3, 0.4) is 0 Å². The highest BCUT2D eigenvalue weighted by molar-refractivity contribution is 6.06. The van der Waals surface area contributed by atoms with E-state index in [1.807, 2.05) is 32.0 Å². The smallest absolute Gasteiger partial charge is 0.235 e. The van der Waals surface area contributed by atoms with Gasteiger partial charge in [-0.1, -0.05) is 30.4 Å². The van der Waals surface area contributed by atoms with Crippen LogP contribution in [0.5, 0.6) is 0 Å². The number of benzene rings is 1. The van der Waals surface area contributed by atoms with Gasteiger partial charge >= 0.3 is 0 Å². The molecule has 1 heterocycles. The third kappa shape index (κ3) is 1.74. The van der Waals surface area contributed by atoms with Gasteiger partial charge in [-0.3, -0.25) is 14.5 Å². The summed E-state index contributed by atoms with van der Waals surface area (Å²) < 4.78 is 0. The first-order chi connectivity index (χ1) is 11.6. The molecule has 5 aliphatic rings.